The molecule has 1 aromatic carbocycles. The molecule has 0 saturated carbocycles. The first-order valence-electron chi connectivity index (χ1n) is 3.65. The first-order chi connectivity index (χ1) is 6.27. The molecule has 0 radical (unpaired) electrons. The Labute approximate surface area is 84.7 Å². The Morgan fingerprint density at radius 3 is 2.46 bits per heavy atom. The van der Waals surface area contributed by atoms with Gasteiger partial charge in [0.05, 0.1) is 0 Å². The number of amidine groups is 1. The Morgan fingerprint density at radius 2 is 2.00 bits per heavy atom. The van der Waals surface area contributed by atoms with Crippen LogP contribution in [0.2, 0.25) is 0 Å². The van der Waals surface area contributed by atoms with E-state index in [1.807, 2.05) is 24.3 Å². The molecule has 0 unspecified atom stereocenters. The number of hydrogen-bond acceptors (Lipinski definition) is 3. The highest BCUT2D eigenvalue weighted by atomic mass is 79.9. The van der Waals surface area contributed by atoms with Gasteiger partial charge in [0.15, 0.2) is 5.84 Å². The molecule has 0 amide bonds. The van der Waals surface area contributed by atoms with Gasteiger partial charge in [-0.1, -0.05) is 15.9 Å². The third-order valence-corrected chi connectivity index (χ3v) is 1.95. The summed E-state index contributed by atoms with van der Waals surface area (Å²) in [6.07, 6.45) is 0. The zero-order chi connectivity index (χ0) is 9.68. The molecule has 0 spiro atoms. The summed E-state index contributed by atoms with van der Waals surface area (Å²) >= 11 is 3.32. The fourth-order valence-electron chi connectivity index (χ4n) is 0.859. The number of halogens is 1. The van der Waals surface area contributed by atoms with Crippen LogP contribution in [-0.2, 0) is 0 Å². The summed E-state index contributed by atoms with van der Waals surface area (Å²) in [6, 6.07) is 7.45. The van der Waals surface area contributed by atoms with Crippen molar-refractivity contribution < 1.29 is 0 Å². The molecule has 68 valence electrons. The summed E-state index contributed by atoms with van der Waals surface area (Å²) in [5.41, 5.74) is 10.3. The molecule has 1 aromatic rings. The molecule has 0 atom stereocenters. The van der Waals surface area contributed by atoms with E-state index in [2.05, 4.69) is 31.6 Å². The van der Waals surface area contributed by atoms with Gasteiger partial charge < -0.3 is 5.43 Å². The maximum absolute atomic E-state index is 6.90. The molecule has 0 fully saturated rings. The second-order valence-electron chi connectivity index (χ2n) is 2.28. The molecule has 0 bridgehead atoms. The van der Waals surface area contributed by atoms with Gasteiger partial charge in [-0.15, -0.1) is 5.11 Å². The summed E-state index contributed by atoms with van der Waals surface area (Å²) in [7, 11) is 1.67. The van der Waals surface area contributed by atoms with Crippen LogP contribution in [0.15, 0.2) is 39.0 Å². The van der Waals surface area contributed by atoms with Gasteiger partial charge in [0.25, 0.3) is 0 Å². The van der Waals surface area contributed by atoms with Crippen LogP contribution >= 0.6 is 15.9 Å². The molecule has 0 aliphatic heterocycles. The smallest absolute Gasteiger partial charge is 0.200 e. The Hall–Kier alpha value is -1.23. The van der Waals surface area contributed by atoms with Gasteiger partial charge >= 0.3 is 0 Å². The highest BCUT2D eigenvalue weighted by Crippen LogP contribution is 2.11. The van der Waals surface area contributed by atoms with Gasteiger partial charge in [-0.25, -0.2) is 5.53 Å². The second-order valence-corrected chi connectivity index (χ2v) is 3.19. The average Bonchev–Trinajstić information content (AvgIpc) is 2.16. The van der Waals surface area contributed by atoms with Crippen LogP contribution in [0.3, 0.4) is 0 Å². The van der Waals surface area contributed by atoms with Crippen molar-refractivity contribution in [3.8, 4) is 0 Å². The van der Waals surface area contributed by atoms with Crippen LogP contribution in [0.5, 0.6) is 0 Å². The van der Waals surface area contributed by atoms with Crippen molar-refractivity contribution in [3.05, 3.63) is 34.3 Å². The van der Waals surface area contributed by atoms with E-state index in [0.29, 0.717) is 5.84 Å². The second kappa shape index (κ2) is 4.71. The zero-order valence-electron chi connectivity index (χ0n) is 7.08. The molecule has 1 rings (SSSR count). The first-order valence-corrected chi connectivity index (χ1v) is 4.45. The molecule has 0 aromatic heterocycles. The van der Waals surface area contributed by atoms with Crippen LogP contribution < -0.4 is 5.43 Å². The van der Waals surface area contributed by atoms with Gasteiger partial charge in [0.1, 0.15) is 0 Å². The highest BCUT2D eigenvalue weighted by Gasteiger charge is 2.00. The van der Waals surface area contributed by atoms with Crippen LogP contribution in [0.4, 0.5) is 0 Å². The van der Waals surface area contributed by atoms with E-state index in [-0.39, 0.29) is 0 Å². The number of nitrogens with one attached hydrogen (secondary N) is 2. The van der Waals surface area contributed by atoms with E-state index in [9.17, 15) is 0 Å². The highest BCUT2D eigenvalue weighted by molar-refractivity contribution is 9.10. The molecular weight excluding hydrogens is 232 g/mol. The van der Waals surface area contributed by atoms with Crippen LogP contribution in [0.1, 0.15) is 5.56 Å². The Balaban J connectivity index is 2.99. The topological polar surface area (TPSA) is 60.6 Å². The van der Waals surface area contributed by atoms with Gasteiger partial charge in [-0.2, -0.15) is 5.10 Å². The molecule has 5 heteroatoms. The van der Waals surface area contributed by atoms with E-state index in [1.165, 1.54) is 0 Å². The monoisotopic (exact) mass is 240 g/mol. The number of hydrazone groups is 1. The predicted octanol–water partition coefficient (Wildman–Crippen LogP) is 2.36. The number of rotatable bonds is 2. The van der Waals surface area contributed by atoms with E-state index >= 15 is 0 Å². The van der Waals surface area contributed by atoms with Crippen molar-refractivity contribution in [3.63, 3.8) is 0 Å². The molecular formula is C8H9BrN4. The van der Waals surface area contributed by atoms with Crippen LogP contribution in [-0.4, -0.2) is 12.9 Å². The Kier molecular flexibility index (Phi) is 3.57. The van der Waals surface area contributed by atoms with Crippen molar-refractivity contribution in [2.75, 3.05) is 7.05 Å². The van der Waals surface area contributed by atoms with Crippen LogP contribution in [0, 0.1) is 5.53 Å². The van der Waals surface area contributed by atoms with Crippen molar-refractivity contribution in [1.82, 2.24) is 5.43 Å². The van der Waals surface area contributed by atoms with Crippen molar-refractivity contribution in [2.24, 2.45) is 10.2 Å². The third-order valence-electron chi connectivity index (χ3n) is 1.43. The fourth-order valence-corrected chi connectivity index (χ4v) is 1.12. The van der Waals surface area contributed by atoms with Crippen molar-refractivity contribution >= 4 is 21.8 Å². The standard InChI is InChI=1S/C8H9BrN4/c1-11-13-8(12-10)6-2-4-7(9)5-3-6/h2-5,10-11H,1H3/b12-10?,13-8-. The minimum absolute atomic E-state index is 0.370. The number of nitrogens with zero attached hydrogens (tertiary/aromatic N) is 2. The molecule has 13 heavy (non-hydrogen) atoms. The summed E-state index contributed by atoms with van der Waals surface area (Å²) in [4.78, 5) is 0. The summed E-state index contributed by atoms with van der Waals surface area (Å²) in [5, 5.41) is 7.14. The molecule has 4 nitrogen and oxygen atoms in total. The summed E-state index contributed by atoms with van der Waals surface area (Å²) < 4.78 is 0.991. The molecule has 0 aliphatic rings. The number of hydrogen-bond donors (Lipinski definition) is 2. The maximum Gasteiger partial charge on any atom is 0.200 e. The predicted molar refractivity (Wildman–Crippen MR) is 54.9 cm³/mol. The lowest BCUT2D eigenvalue weighted by Gasteiger charge is -1.98. The Bertz CT molecular complexity index is 317. The third kappa shape index (κ3) is 2.62. The quantitative estimate of drug-likeness (QED) is 0.355. The SMILES string of the molecule is CN/N=C(\N=N)c1ccc(Br)cc1. The zero-order valence-corrected chi connectivity index (χ0v) is 8.67. The molecule has 0 heterocycles. The van der Waals surface area contributed by atoms with E-state index in [0.717, 1.165) is 10.0 Å². The number of benzene rings is 1. The molecule has 0 aliphatic carbocycles. The summed E-state index contributed by atoms with van der Waals surface area (Å²) in [6.45, 7) is 0. The normalized spacial score (nSPS) is 11.1. The van der Waals surface area contributed by atoms with Crippen LogP contribution in [0.25, 0.3) is 0 Å². The lowest BCUT2D eigenvalue weighted by molar-refractivity contribution is 0.892. The Morgan fingerprint density at radius 1 is 1.38 bits per heavy atom. The van der Waals surface area contributed by atoms with E-state index in [1.54, 1.807) is 7.05 Å². The minimum Gasteiger partial charge on any atom is -0.311 e. The molecule has 2 N–H and O–H groups in total. The van der Waals surface area contributed by atoms with Crippen molar-refractivity contribution in [2.45, 2.75) is 0 Å². The van der Waals surface area contributed by atoms with Gasteiger partial charge in [0.2, 0.25) is 0 Å². The van der Waals surface area contributed by atoms with E-state index < -0.39 is 0 Å². The van der Waals surface area contributed by atoms with Crippen molar-refractivity contribution in [1.29, 1.82) is 5.53 Å². The van der Waals surface area contributed by atoms with Gasteiger partial charge in [-0.3, -0.25) is 0 Å². The fraction of sp³-hybridized carbons (Fsp3) is 0.125. The lowest BCUT2D eigenvalue weighted by atomic mass is 10.2. The molecule has 0 saturated heterocycles. The lowest BCUT2D eigenvalue weighted by Crippen LogP contribution is -2.03. The average molecular weight is 241 g/mol. The largest absolute Gasteiger partial charge is 0.311 e. The van der Waals surface area contributed by atoms with Gasteiger partial charge in [-0.05, 0) is 24.3 Å². The summed E-state index contributed by atoms with van der Waals surface area (Å²) in [5.74, 6) is 0.370. The maximum atomic E-state index is 6.90. The van der Waals surface area contributed by atoms with Gasteiger partial charge in [0, 0.05) is 17.1 Å². The first kappa shape index (κ1) is 9.85. The minimum atomic E-state index is 0.370. The van der Waals surface area contributed by atoms with E-state index in [4.69, 9.17) is 5.53 Å².